The molecule has 0 saturated carbocycles. The SMILES string of the molecule is CC(O)(CS(=O)(=O)c1cccc(C(F)(F)F)c1)C(=O)Nc1ccc(C#N)cc1C(F)(F)F. The Labute approximate surface area is 178 Å². The molecule has 6 nitrogen and oxygen atoms in total. The molecular weight excluding hydrogens is 466 g/mol. The van der Waals surface area contributed by atoms with Crippen molar-refractivity contribution in [2.24, 2.45) is 0 Å². The van der Waals surface area contributed by atoms with Crippen molar-refractivity contribution in [1.82, 2.24) is 0 Å². The fourth-order valence-electron chi connectivity index (χ4n) is 2.60. The van der Waals surface area contributed by atoms with Crippen LogP contribution in [0.2, 0.25) is 0 Å². The molecule has 0 aliphatic heterocycles. The molecule has 0 fully saturated rings. The highest BCUT2D eigenvalue weighted by Gasteiger charge is 2.40. The molecule has 1 unspecified atom stereocenters. The number of aliphatic hydroxyl groups is 1. The van der Waals surface area contributed by atoms with Crippen LogP contribution < -0.4 is 5.32 Å². The Kier molecular flexibility index (Phi) is 6.63. The largest absolute Gasteiger partial charge is 0.418 e. The first-order valence-corrected chi connectivity index (χ1v) is 10.2. The molecule has 13 heteroatoms. The number of carbonyl (C=O) groups excluding carboxylic acids is 1. The van der Waals surface area contributed by atoms with Crippen LogP contribution in [-0.4, -0.2) is 30.8 Å². The van der Waals surface area contributed by atoms with Crippen LogP contribution >= 0.6 is 0 Å². The van der Waals surface area contributed by atoms with Crippen molar-refractivity contribution >= 4 is 21.4 Å². The predicted octanol–water partition coefficient (Wildman–Crippen LogP) is 3.76. The van der Waals surface area contributed by atoms with Crippen LogP contribution in [0, 0.1) is 11.3 Å². The van der Waals surface area contributed by atoms with Crippen LogP contribution in [0.3, 0.4) is 0 Å². The van der Waals surface area contributed by atoms with Crippen LogP contribution in [0.25, 0.3) is 0 Å². The maximum Gasteiger partial charge on any atom is 0.418 e. The van der Waals surface area contributed by atoms with Crippen LogP contribution in [0.1, 0.15) is 23.6 Å². The van der Waals surface area contributed by atoms with E-state index < -0.39 is 61.2 Å². The molecule has 2 aromatic carbocycles. The molecule has 0 aliphatic carbocycles. The summed E-state index contributed by atoms with van der Waals surface area (Å²) in [5.41, 5.74) is -6.73. The maximum absolute atomic E-state index is 13.2. The first-order chi connectivity index (χ1) is 14.5. The number of benzene rings is 2. The number of hydrogen-bond donors (Lipinski definition) is 2. The molecule has 0 bridgehead atoms. The minimum Gasteiger partial charge on any atom is -0.379 e. The van der Waals surface area contributed by atoms with E-state index in [4.69, 9.17) is 5.26 Å². The number of carbonyl (C=O) groups is 1. The van der Waals surface area contributed by atoms with Gasteiger partial charge in [0, 0.05) is 0 Å². The quantitative estimate of drug-likeness (QED) is 0.634. The van der Waals surface area contributed by atoms with Crippen LogP contribution in [0.15, 0.2) is 47.4 Å². The summed E-state index contributed by atoms with van der Waals surface area (Å²) in [7, 11) is -4.66. The summed E-state index contributed by atoms with van der Waals surface area (Å²) < 4.78 is 103. The number of nitriles is 1. The lowest BCUT2D eigenvalue weighted by molar-refractivity contribution is -0.138. The number of nitrogens with one attached hydrogen (secondary N) is 1. The minimum absolute atomic E-state index is 0.311. The van der Waals surface area contributed by atoms with E-state index in [1.807, 2.05) is 0 Å². The highest BCUT2D eigenvalue weighted by Crippen LogP contribution is 2.36. The van der Waals surface area contributed by atoms with Gasteiger partial charge in [0.05, 0.1) is 39.1 Å². The van der Waals surface area contributed by atoms with E-state index >= 15 is 0 Å². The normalized spacial score (nSPS) is 14.3. The number of hydrogen-bond acceptors (Lipinski definition) is 5. The Hall–Kier alpha value is -3.11. The Morgan fingerprint density at radius 3 is 2.22 bits per heavy atom. The molecule has 0 saturated heterocycles. The van der Waals surface area contributed by atoms with Crippen molar-refractivity contribution in [2.75, 3.05) is 11.1 Å². The van der Waals surface area contributed by atoms with Crippen LogP contribution in [0.5, 0.6) is 0 Å². The van der Waals surface area contributed by atoms with Gasteiger partial charge in [-0.2, -0.15) is 31.6 Å². The number of nitrogens with zero attached hydrogens (tertiary/aromatic N) is 1. The van der Waals surface area contributed by atoms with Crippen molar-refractivity contribution in [3.63, 3.8) is 0 Å². The zero-order chi connectivity index (χ0) is 24.5. The van der Waals surface area contributed by atoms with Crippen molar-refractivity contribution in [2.45, 2.75) is 29.8 Å². The van der Waals surface area contributed by atoms with Crippen molar-refractivity contribution in [3.05, 3.63) is 59.2 Å². The van der Waals surface area contributed by atoms with E-state index in [1.165, 1.54) is 6.07 Å². The lowest BCUT2D eigenvalue weighted by Gasteiger charge is -2.23. The summed E-state index contributed by atoms with van der Waals surface area (Å²) in [4.78, 5) is 11.5. The van der Waals surface area contributed by atoms with Gasteiger partial charge >= 0.3 is 12.4 Å². The monoisotopic (exact) mass is 480 g/mol. The summed E-state index contributed by atoms with van der Waals surface area (Å²) in [5.74, 6) is -2.96. The smallest absolute Gasteiger partial charge is 0.379 e. The lowest BCUT2D eigenvalue weighted by atomic mass is 10.1. The molecule has 2 rings (SSSR count). The molecule has 172 valence electrons. The first-order valence-electron chi connectivity index (χ1n) is 8.52. The zero-order valence-corrected chi connectivity index (χ0v) is 16.9. The molecule has 0 aromatic heterocycles. The highest BCUT2D eigenvalue weighted by molar-refractivity contribution is 7.91. The maximum atomic E-state index is 13.2. The van der Waals surface area contributed by atoms with E-state index in [0.717, 1.165) is 24.3 Å². The molecular formula is C19H14F6N2O4S. The summed E-state index contributed by atoms with van der Waals surface area (Å²) in [6.45, 7) is 0.685. The second-order valence-corrected chi connectivity index (χ2v) is 8.87. The second kappa shape index (κ2) is 8.44. The molecule has 2 aromatic rings. The fourth-order valence-corrected chi connectivity index (χ4v) is 4.23. The summed E-state index contributed by atoms with van der Waals surface area (Å²) >= 11 is 0. The number of alkyl halides is 6. The number of halogens is 6. The summed E-state index contributed by atoms with van der Waals surface area (Å²) in [6.07, 6.45) is -9.85. The van der Waals surface area contributed by atoms with Crippen LogP contribution in [0.4, 0.5) is 32.0 Å². The zero-order valence-electron chi connectivity index (χ0n) is 16.0. The predicted molar refractivity (Wildman–Crippen MR) is 98.9 cm³/mol. The molecule has 1 amide bonds. The van der Waals surface area contributed by atoms with Gasteiger partial charge in [-0.05, 0) is 43.3 Å². The van der Waals surface area contributed by atoms with Gasteiger partial charge in [0.15, 0.2) is 15.4 Å². The van der Waals surface area contributed by atoms with Gasteiger partial charge < -0.3 is 10.4 Å². The number of anilines is 1. The second-order valence-electron chi connectivity index (χ2n) is 6.88. The third-order valence-corrected chi connectivity index (χ3v) is 6.10. The van der Waals surface area contributed by atoms with E-state index in [9.17, 15) is 44.7 Å². The Morgan fingerprint density at radius 2 is 1.69 bits per heavy atom. The third kappa shape index (κ3) is 5.77. The average Bonchev–Trinajstić information content (AvgIpc) is 2.66. The number of rotatable bonds is 5. The van der Waals surface area contributed by atoms with Gasteiger partial charge in [0.2, 0.25) is 0 Å². The Balaban J connectivity index is 2.34. The standard InChI is InChI=1S/C19H14F6N2O4S/c1-17(29,10-32(30,31)13-4-2-3-12(8-13)18(20,21)22)16(28)27-15-6-5-11(9-26)7-14(15)19(23,24)25/h2-8,29H,10H2,1H3,(H,27,28). The fraction of sp³-hybridized carbons (Fsp3) is 0.263. The molecule has 0 aliphatic rings. The lowest BCUT2D eigenvalue weighted by Crippen LogP contribution is -2.46. The van der Waals surface area contributed by atoms with Gasteiger partial charge in [-0.25, -0.2) is 8.42 Å². The van der Waals surface area contributed by atoms with Crippen molar-refractivity contribution < 1.29 is 44.7 Å². The molecule has 0 radical (unpaired) electrons. The first kappa shape index (κ1) is 25.2. The van der Waals surface area contributed by atoms with E-state index in [0.29, 0.717) is 25.1 Å². The molecule has 32 heavy (non-hydrogen) atoms. The summed E-state index contributed by atoms with van der Waals surface area (Å²) in [6, 6.07) is 6.21. The van der Waals surface area contributed by atoms with E-state index in [-0.39, 0.29) is 5.56 Å². The third-order valence-electron chi connectivity index (χ3n) is 4.18. The van der Waals surface area contributed by atoms with Gasteiger partial charge in [0.1, 0.15) is 0 Å². The van der Waals surface area contributed by atoms with Gasteiger partial charge in [-0.3, -0.25) is 4.79 Å². The van der Waals surface area contributed by atoms with Gasteiger partial charge in [0.25, 0.3) is 5.91 Å². The topological polar surface area (TPSA) is 107 Å². The Morgan fingerprint density at radius 1 is 1.06 bits per heavy atom. The van der Waals surface area contributed by atoms with E-state index in [1.54, 1.807) is 5.32 Å². The molecule has 0 heterocycles. The highest BCUT2D eigenvalue weighted by atomic mass is 32.2. The average molecular weight is 480 g/mol. The van der Waals surface area contributed by atoms with Crippen LogP contribution in [-0.2, 0) is 27.0 Å². The minimum atomic E-state index is -4.99. The van der Waals surface area contributed by atoms with Gasteiger partial charge in [-0.1, -0.05) is 6.07 Å². The van der Waals surface area contributed by atoms with E-state index in [2.05, 4.69) is 0 Å². The van der Waals surface area contributed by atoms with Crippen molar-refractivity contribution in [3.8, 4) is 6.07 Å². The summed E-state index contributed by atoms with van der Waals surface area (Å²) in [5, 5.41) is 20.8. The molecule has 0 spiro atoms. The Bertz CT molecular complexity index is 1180. The van der Waals surface area contributed by atoms with Gasteiger partial charge in [-0.15, -0.1) is 0 Å². The number of sulfone groups is 1. The molecule has 1 atom stereocenters. The van der Waals surface area contributed by atoms with Crippen molar-refractivity contribution in [1.29, 1.82) is 5.26 Å². The number of amides is 1. The molecule has 2 N–H and O–H groups in total.